The van der Waals surface area contributed by atoms with E-state index in [1.807, 2.05) is 0 Å². The molecule has 1 aromatic rings. The van der Waals surface area contributed by atoms with Crippen LogP contribution in [0.2, 0.25) is 0 Å². The van der Waals surface area contributed by atoms with Gasteiger partial charge in [-0.15, -0.1) is 0 Å². The van der Waals surface area contributed by atoms with Gasteiger partial charge in [-0.25, -0.2) is 4.39 Å². The number of hydrogen-bond acceptors (Lipinski definition) is 2. The molecule has 0 aliphatic rings. The van der Waals surface area contributed by atoms with Gasteiger partial charge < -0.3 is 9.84 Å². The summed E-state index contributed by atoms with van der Waals surface area (Å²) in [5.74, 6) is 5.36. The summed E-state index contributed by atoms with van der Waals surface area (Å²) < 4.78 is 18.7. The van der Waals surface area contributed by atoms with Crippen LogP contribution in [0, 0.1) is 23.1 Å². The van der Waals surface area contributed by atoms with Crippen molar-refractivity contribution in [1.82, 2.24) is 0 Å². The molecule has 0 aliphatic carbocycles. The first-order valence-corrected chi connectivity index (χ1v) is 5.94. The zero-order chi connectivity index (χ0) is 13.6. The van der Waals surface area contributed by atoms with Crippen molar-refractivity contribution in [1.29, 1.82) is 0 Å². The van der Waals surface area contributed by atoms with Crippen molar-refractivity contribution in [3.8, 4) is 17.6 Å². The second-order valence-electron chi connectivity index (χ2n) is 5.26. The summed E-state index contributed by atoms with van der Waals surface area (Å²) in [6.07, 6.45) is 0.871. The molecule has 1 rings (SSSR count). The van der Waals surface area contributed by atoms with Crippen LogP contribution in [0.3, 0.4) is 0 Å². The lowest BCUT2D eigenvalue weighted by Gasteiger charge is -2.18. The van der Waals surface area contributed by atoms with E-state index in [-0.39, 0.29) is 17.8 Å². The molecule has 0 spiro atoms. The average Bonchev–Trinajstić information content (AvgIpc) is 2.26. The predicted molar refractivity (Wildman–Crippen MR) is 69.9 cm³/mol. The highest BCUT2D eigenvalue weighted by molar-refractivity contribution is 5.46. The molecule has 2 nitrogen and oxygen atoms in total. The van der Waals surface area contributed by atoms with Crippen LogP contribution in [-0.4, -0.2) is 18.3 Å². The van der Waals surface area contributed by atoms with E-state index < -0.39 is 0 Å². The van der Waals surface area contributed by atoms with Crippen molar-refractivity contribution in [2.45, 2.75) is 27.2 Å². The van der Waals surface area contributed by atoms with Gasteiger partial charge in [0.15, 0.2) is 0 Å². The van der Waals surface area contributed by atoms with Crippen LogP contribution in [-0.2, 0) is 0 Å². The van der Waals surface area contributed by atoms with Crippen molar-refractivity contribution < 1.29 is 14.2 Å². The third kappa shape index (κ3) is 5.20. The van der Waals surface area contributed by atoms with E-state index in [1.165, 1.54) is 12.1 Å². The molecule has 1 aromatic carbocycles. The van der Waals surface area contributed by atoms with Crippen LogP contribution in [0.15, 0.2) is 18.2 Å². The third-order valence-electron chi connectivity index (χ3n) is 2.36. The molecule has 0 bridgehead atoms. The standard InChI is InChI=1S/C15H19FO2/c1-15(2,3)8-10-18-14-11-13(16)7-6-12(14)5-4-9-17/h6-7,11,17H,8-10H2,1-3H3. The minimum absolute atomic E-state index is 0.171. The molecule has 3 heteroatoms. The van der Waals surface area contributed by atoms with E-state index in [9.17, 15) is 4.39 Å². The lowest BCUT2D eigenvalue weighted by Crippen LogP contribution is -2.11. The zero-order valence-corrected chi connectivity index (χ0v) is 11.1. The first kappa shape index (κ1) is 14.5. The van der Waals surface area contributed by atoms with Gasteiger partial charge in [0.25, 0.3) is 0 Å². The molecule has 0 saturated carbocycles. The summed E-state index contributed by atoms with van der Waals surface area (Å²) in [4.78, 5) is 0. The van der Waals surface area contributed by atoms with E-state index in [0.717, 1.165) is 6.42 Å². The molecular formula is C15H19FO2. The SMILES string of the molecule is CC(C)(C)CCOc1cc(F)ccc1C#CCO. The Morgan fingerprint density at radius 2 is 2.06 bits per heavy atom. The topological polar surface area (TPSA) is 29.5 Å². The van der Waals surface area contributed by atoms with Gasteiger partial charge in [0.2, 0.25) is 0 Å². The molecule has 0 heterocycles. The molecule has 0 saturated heterocycles. The van der Waals surface area contributed by atoms with Gasteiger partial charge in [-0.05, 0) is 24.0 Å². The number of aliphatic hydroxyl groups excluding tert-OH is 1. The van der Waals surface area contributed by atoms with Gasteiger partial charge in [0.1, 0.15) is 18.2 Å². The maximum absolute atomic E-state index is 13.2. The first-order valence-electron chi connectivity index (χ1n) is 5.94. The fourth-order valence-corrected chi connectivity index (χ4v) is 1.32. The Bertz CT molecular complexity index is 450. The number of hydrogen-bond donors (Lipinski definition) is 1. The van der Waals surface area contributed by atoms with E-state index in [1.54, 1.807) is 6.07 Å². The average molecular weight is 250 g/mol. The van der Waals surface area contributed by atoms with E-state index in [2.05, 4.69) is 32.6 Å². The van der Waals surface area contributed by atoms with Crippen LogP contribution < -0.4 is 4.74 Å². The Hall–Kier alpha value is -1.53. The van der Waals surface area contributed by atoms with Gasteiger partial charge >= 0.3 is 0 Å². The Balaban J connectivity index is 2.76. The summed E-state index contributed by atoms with van der Waals surface area (Å²) in [5.41, 5.74) is 0.768. The zero-order valence-electron chi connectivity index (χ0n) is 11.1. The molecule has 1 N–H and O–H groups in total. The van der Waals surface area contributed by atoms with Gasteiger partial charge in [0.05, 0.1) is 12.2 Å². The van der Waals surface area contributed by atoms with Crippen LogP contribution in [0.5, 0.6) is 5.75 Å². The molecule has 0 aromatic heterocycles. The minimum atomic E-state index is -0.352. The van der Waals surface area contributed by atoms with Gasteiger partial charge in [-0.3, -0.25) is 0 Å². The Labute approximate surface area is 108 Å². The lowest BCUT2D eigenvalue weighted by molar-refractivity contribution is 0.242. The molecule has 0 unspecified atom stereocenters. The van der Waals surface area contributed by atoms with E-state index in [0.29, 0.717) is 17.9 Å². The largest absolute Gasteiger partial charge is 0.492 e. The fourth-order valence-electron chi connectivity index (χ4n) is 1.32. The number of rotatable bonds is 3. The fraction of sp³-hybridized carbons (Fsp3) is 0.467. The maximum Gasteiger partial charge on any atom is 0.137 e. The number of aliphatic hydroxyl groups is 1. The molecule has 0 fully saturated rings. The molecule has 18 heavy (non-hydrogen) atoms. The molecule has 0 radical (unpaired) electrons. The van der Waals surface area contributed by atoms with Crippen molar-refractivity contribution in [3.63, 3.8) is 0 Å². The Morgan fingerprint density at radius 1 is 1.33 bits per heavy atom. The second kappa shape index (κ2) is 6.42. The van der Waals surface area contributed by atoms with Gasteiger partial charge in [0, 0.05) is 6.07 Å². The quantitative estimate of drug-likeness (QED) is 0.836. The Kier molecular flexibility index (Phi) is 5.18. The normalized spacial score (nSPS) is 10.7. The second-order valence-corrected chi connectivity index (χ2v) is 5.26. The lowest BCUT2D eigenvalue weighted by atomic mass is 9.93. The van der Waals surface area contributed by atoms with Crippen LogP contribution >= 0.6 is 0 Å². The summed E-state index contributed by atoms with van der Waals surface area (Å²) in [7, 11) is 0. The number of halogens is 1. The monoisotopic (exact) mass is 250 g/mol. The van der Waals surface area contributed by atoms with Crippen LogP contribution in [0.25, 0.3) is 0 Å². The van der Waals surface area contributed by atoms with Gasteiger partial charge in [-0.1, -0.05) is 32.6 Å². The van der Waals surface area contributed by atoms with Crippen molar-refractivity contribution in [2.24, 2.45) is 5.41 Å². The van der Waals surface area contributed by atoms with Crippen molar-refractivity contribution in [3.05, 3.63) is 29.6 Å². The summed E-state index contributed by atoms with van der Waals surface area (Å²) in [6, 6.07) is 4.21. The van der Waals surface area contributed by atoms with Crippen LogP contribution in [0.1, 0.15) is 32.8 Å². The first-order chi connectivity index (χ1) is 8.42. The highest BCUT2D eigenvalue weighted by Crippen LogP contribution is 2.22. The third-order valence-corrected chi connectivity index (χ3v) is 2.36. The van der Waals surface area contributed by atoms with Crippen LogP contribution in [0.4, 0.5) is 4.39 Å². The molecule has 98 valence electrons. The van der Waals surface area contributed by atoms with E-state index >= 15 is 0 Å². The summed E-state index contributed by atoms with van der Waals surface area (Å²) in [5, 5.41) is 8.67. The highest BCUT2D eigenvalue weighted by atomic mass is 19.1. The van der Waals surface area contributed by atoms with Crippen molar-refractivity contribution in [2.75, 3.05) is 13.2 Å². The molecule has 0 aliphatic heterocycles. The molecule has 0 atom stereocenters. The van der Waals surface area contributed by atoms with Crippen molar-refractivity contribution >= 4 is 0 Å². The maximum atomic E-state index is 13.2. The summed E-state index contributed by atoms with van der Waals surface area (Å²) in [6.45, 7) is 6.65. The predicted octanol–water partition coefficient (Wildman–Crippen LogP) is 2.98. The smallest absolute Gasteiger partial charge is 0.137 e. The van der Waals surface area contributed by atoms with E-state index in [4.69, 9.17) is 9.84 Å². The molecule has 0 amide bonds. The summed E-state index contributed by atoms with van der Waals surface area (Å²) >= 11 is 0. The molecular weight excluding hydrogens is 231 g/mol. The highest BCUT2D eigenvalue weighted by Gasteiger charge is 2.11. The van der Waals surface area contributed by atoms with Gasteiger partial charge in [-0.2, -0.15) is 0 Å². The number of ether oxygens (including phenoxy) is 1. The number of benzene rings is 1. The minimum Gasteiger partial charge on any atom is -0.492 e. The Morgan fingerprint density at radius 3 is 2.67 bits per heavy atom.